The van der Waals surface area contributed by atoms with Crippen molar-refractivity contribution in [2.45, 2.75) is 0 Å². The lowest BCUT2D eigenvalue weighted by atomic mass is 9.94. The van der Waals surface area contributed by atoms with E-state index in [1.165, 1.54) is 17.0 Å². The van der Waals surface area contributed by atoms with Crippen molar-refractivity contribution in [2.24, 2.45) is 0 Å². The maximum absolute atomic E-state index is 12.0. The van der Waals surface area contributed by atoms with E-state index in [1.54, 1.807) is 4.68 Å². The molecule has 0 bridgehead atoms. The molecule has 37 heavy (non-hydrogen) atoms. The van der Waals surface area contributed by atoms with Gasteiger partial charge in [0.2, 0.25) is 5.88 Å². The van der Waals surface area contributed by atoms with Gasteiger partial charge < -0.3 is 14.6 Å². The predicted octanol–water partition coefficient (Wildman–Crippen LogP) is 5.25. The van der Waals surface area contributed by atoms with Gasteiger partial charge in [0.15, 0.2) is 0 Å². The van der Waals surface area contributed by atoms with Crippen molar-refractivity contribution in [1.82, 2.24) is 14.7 Å². The molecule has 1 N–H and O–H groups in total. The lowest BCUT2D eigenvalue weighted by molar-refractivity contribution is 0.0317. The Hall–Kier alpha value is -4.20. The minimum atomic E-state index is -1.07. The second-order valence-electron chi connectivity index (χ2n) is 9.13. The van der Waals surface area contributed by atoms with Crippen LogP contribution in [-0.2, 0) is 4.74 Å². The summed E-state index contributed by atoms with van der Waals surface area (Å²) in [5, 5.41) is 18.9. The molecule has 7 nitrogen and oxygen atoms in total. The van der Waals surface area contributed by atoms with Crippen LogP contribution in [0.25, 0.3) is 38.4 Å². The van der Waals surface area contributed by atoms with Gasteiger partial charge in [-0.3, -0.25) is 4.90 Å². The van der Waals surface area contributed by atoms with Gasteiger partial charge in [0.05, 0.1) is 25.1 Å². The fourth-order valence-corrected chi connectivity index (χ4v) is 4.98. The van der Waals surface area contributed by atoms with Crippen LogP contribution in [-0.4, -0.2) is 65.2 Å². The van der Waals surface area contributed by atoms with Crippen LogP contribution in [0.3, 0.4) is 0 Å². The number of para-hydroxylation sites is 1. The Morgan fingerprint density at radius 3 is 2.41 bits per heavy atom. The zero-order valence-electron chi connectivity index (χ0n) is 20.3. The molecule has 0 amide bonds. The number of aromatic carboxylic acids is 1. The van der Waals surface area contributed by atoms with Crippen LogP contribution in [0.1, 0.15) is 10.4 Å². The van der Waals surface area contributed by atoms with E-state index in [0.717, 1.165) is 40.7 Å². The molecule has 4 aromatic carbocycles. The SMILES string of the molecule is O=C(O)c1cnn(-c2ccccc2-c2cccc3cc4ccccc4cc23)c1OCCN1CCOCC1. The smallest absolute Gasteiger partial charge is 0.342 e. The van der Waals surface area contributed by atoms with Crippen LogP contribution in [0.2, 0.25) is 0 Å². The number of hydrogen-bond acceptors (Lipinski definition) is 5. The predicted molar refractivity (Wildman–Crippen MR) is 144 cm³/mol. The third-order valence-corrected chi connectivity index (χ3v) is 6.87. The number of morpholine rings is 1. The van der Waals surface area contributed by atoms with Crippen molar-refractivity contribution >= 4 is 27.5 Å². The van der Waals surface area contributed by atoms with Gasteiger partial charge >= 0.3 is 5.97 Å². The highest BCUT2D eigenvalue weighted by Gasteiger charge is 2.22. The molecule has 7 heteroatoms. The van der Waals surface area contributed by atoms with Gasteiger partial charge in [-0.15, -0.1) is 0 Å². The quantitative estimate of drug-likeness (QED) is 0.312. The van der Waals surface area contributed by atoms with Crippen molar-refractivity contribution in [2.75, 3.05) is 39.5 Å². The molecule has 1 aromatic heterocycles. The molecular formula is C30H27N3O4. The Kier molecular flexibility index (Phi) is 6.30. The lowest BCUT2D eigenvalue weighted by Crippen LogP contribution is -2.38. The molecule has 1 saturated heterocycles. The standard InChI is InChI=1S/C30H27N3O4/c34-30(35)27-20-31-33(29(27)37-17-14-32-12-15-36-16-13-32)28-11-4-3-9-25(28)24-10-5-8-23-18-21-6-1-2-7-22(21)19-26(23)24/h1-11,18-20H,12-17H2,(H,34,35). The zero-order valence-corrected chi connectivity index (χ0v) is 20.3. The Morgan fingerprint density at radius 2 is 1.59 bits per heavy atom. The van der Waals surface area contributed by atoms with Crippen LogP contribution < -0.4 is 4.74 Å². The van der Waals surface area contributed by atoms with Crippen LogP contribution in [0.15, 0.2) is 85.1 Å². The van der Waals surface area contributed by atoms with Gasteiger partial charge in [-0.05, 0) is 45.3 Å². The van der Waals surface area contributed by atoms with Gasteiger partial charge in [-0.1, -0.05) is 60.7 Å². The van der Waals surface area contributed by atoms with Gasteiger partial charge in [-0.2, -0.15) is 9.78 Å². The number of carboxylic acids is 1. The average Bonchev–Trinajstić information content (AvgIpc) is 3.36. The van der Waals surface area contributed by atoms with E-state index in [4.69, 9.17) is 9.47 Å². The van der Waals surface area contributed by atoms with E-state index < -0.39 is 5.97 Å². The molecule has 0 atom stereocenters. The first kappa shape index (κ1) is 23.2. The largest absolute Gasteiger partial charge is 0.477 e. The molecule has 0 saturated carbocycles. The molecular weight excluding hydrogens is 466 g/mol. The minimum Gasteiger partial charge on any atom is -0.477 e. The first-order chi connectivity index (χ1) is 18.2. The Morgan fingerprint density at radius 1 is 0.892 bits per heavy atom. The topological polar surface area (TPSA) is 76.8 Å². The van der Waals surface area contributed by atoms with E-state index in [0.29, 0.717) is 26.4 Å². The molecule has 5 aromatic rings. The third kappa shape index (κ3) is 4.55. The third-order valence-electron chi connectivity index (χ3n) is 6.87. The van der Waals surface area contributed by atoms with Gasteiger partial charge in [-0.25, -0.2) is 4.79 Å². The highest BCUT2D eigenvalue weighted by atomic mass is 16.5. The normalized spacial score (nSPS) is 14.3. The summed E-state index contributed by atoms with van der Waals surface area (Å²) in [5.41, 5.74) is 2.80. The molecule has 1 aliphatic heterocycles. The van der Waals surface area contributed by atoms with Crippen LogP contribution in [0.5, 0.6) is 5.88 Å². The minimum absolute atomic E-state index is 0.0423. The van der Waals surface area contributed by atoms with Crippen molar-refractivity contribution in [1.29, 1.82) is 0 Å². The first-order valence-electron chi connectivity index (χ1n) is 12.4. The van der Waals surface area contributed by atoms with Crippen molar-refractivity contribution < 1.29 is 19.4 Å². The number of carbonyl (C=O) groups is 1. The summed E-state index contributed by atoms with van der Waals surface area (Å²) in [7, 11) is 0. The molecule has 186 valence electrons. The molecule has 0 spiro atoms. The summed E-state index contributed by atoms with van der Waals surface area (Å²) in [4.78, 5) is 14.3. The van der Waals surface area contributed by atoms with Crippen molar-refractivity contribution in [3.63, 3.8) is 0 Å². The second kappa shape index (κ2) is 10.0. The number of rotatable bonds is 7. The van der Waals surface area contributed by atoms with E-state index in [-0.39, 0.29) is 11.4 Å². The molecule has 1 aliphatic rings. The highest BCUT2D eigenvalue weighted by Crippen LogP contribution is 2.36. The summed E-state index contributed by atoms with van der Waals surface area (Å²) in [6, 6.07) is 26.9. The van der Waals surface area contributed by atoms with Crippen molar-refractivity contribution in [3.8, 4) is 22.7 Å². The maximum Gasteiger partial charge on any atom is 0.342 e. The summed E-state index contributed by atoms with van der Waals surface area (Å²) < 4.78 is 13.1. The van der Waals surface area contributed by atoms with Crippen molar-refractivity contribution in [3.05, 3.63) is 90.6 Å². The second-order valence-corrected chi connectivity index (χ2v) is 9.13. The number of aromatic nitrogens is 2. The number of fused-ring (bicyclic) bond motifs is 2. The summed E-state index contributed by atoms with van der Waals surface area (Å²) in [5.74, 6) is -0.833. The first-order valence-corrected chi connectivity index (χ1v) is 12.4. The molecule has 0 radical (unpaired) electrons. The van der Waals surface area contributed by atoms with E-state index in [9.17, 15) is 9.90 Å². The summed E-state index contributed by atoms with van der Waals surface area (Å²) in [6.45, 7) is 4.12. The van der Waals surface area contributed by atoms with Crippen LogP contribution in [0, 0.1) is 0 Å². The molecule has 2 heterocycles. The monoisotopic (exact) mass is 493 g/mol. The summed E-state index contributed by atoms with van der Waals surface area (Å²) >= 11 is 0. The molecule has 6 rings (SSSR count). The number of benzene rings is 4. The van der Waals surface area contributed by atoms with Gasteiger partial charge in [0, 0.05) is 25.2 Å². The van der Waals surface area contributed by atoms with Crippen LogP contribution in [0.4, 0.5) is 0 Å². The molecule has 1 fully saturated rings. The van der Waals surface area contributed by atoms with E-state index in [1.807, 2.05) is 36.4 Å². The number of nitrogens with zero attached hydrogens (tertiary/aromatic N) is 3. The fraction of sp³-hybridized carbons (Fsp3) is 0.200. The number of ether oxygens (including phenoxy) is 2. The zero-order chi connectivity index (χ0) is 25.2. The summed E-state index contributed by atoms with van der Waals surface area (Å²) in [6.07, 6.45) is 1.36. The average molecular weight is 494 g/mol. The Bertz CT molecular complexity index is 1590. The fourth-order valence-electron chi connectivity index (χ4n) is 4.98. The van der Waals surface area contributed by atoms with Gasteiger partial charge in [0.1, 0.15) is 12.2 Å². The number of hydrogen-bond donors (Lipinski definition) is 1. The molecule has 0 aliphatic carbocycles. The Balaban J connectivity index is 1.42. The van der Waals surface area contributed by atoms with E-state index >= 15 is 0 Å². The highest BCUT2D eigenvalue weighted by molar-refractivity contribution is 6.05. The lowest BCUT2D eigenvalue weighted by Gasteiger charge is -2.26. The number of carboxylic acid groups (broad SMARTS) is 1. The van der Waals surface area contributed by atoms with E-state index in [2.05, 4.69) is 52.5 Å². The van der Waals surface area contributed by atoms with Crippen LogP contribution >= 0.6 is 0 Å². The van der Waals surface area contributed by atoms with Gasteiger partial charge in [0.25, 0.3) is 0 Å². The molecule has 0 unspecified atom stereocenters. The Labute approximate surface area is 214 Å². The maximum atomic E-state index is 12.0.